The van der Waals surface area contributed by atoms with Crippen LogP contribution in [0, 0.1) is 5.92 Å². The van der Waals surface area contributed by atoms with Gasteiger partial charge in [-0.15, -0.1) is 0 Å². The second kappa shape index (κ2) is 18.4. The van der Waals surface area contributed by atoms with E-state index in [1.54, 1.807) is 19.1 Å². The molecule has 0 aromatic heterocycles. The van der Waals surface area contributed by atoms with Crippen LogP contribution in [0.5, 0.6) is 17.2 Å². The minimum Gasteiger partial charge on any atom is -0.507 e. The summed E-state index contributed by atoms with van der Waals surface area (Å²) < 4.78 is 15.4. The van der Waals surface area contributed by atoms with Gasteiger partial charge in [0.25, 0.3) is 0 Å². The summed E-state index contributed by atoms with van der Waals surface area (Å²) >= 11 is 0. The summed E-state index contributed by atoms with van der Waals surface area (Å²) in [5.74, 6) is -3.36. The zero-order valence-corrected chi connectivity index (χ0v) is 32.5. The number of phenols is 2. The lowest BCUT2D eigenvalue weighted by atomic mass is 9.75. The average molecular weight is 818 g/mol. The van der Waals surface area contributed by atoms with Crippen LogP contribution in [0.4, 0.5) is 4.79 Å². The standard InChI is InChI=1S/C21H29N3O7.C21H18O7/c1-13-19(27)15(10-18(26)31-13)23-20(28)16-8-5-9-24(16)17(25)11-22-21(29)30-12-14-6-3-2-4-7-14;1-28-14-4-2-3-11-15(14)21(27)17-16(19(11)25)20(26)12-7-9(13(23)8-22)5-6-10(12)18(17)24/h2-4,6-7,13,15-16,18-19,26-27H,5,8-12H2,1H3,(H,22,29)(H,23,28);2-4,9,22,24,26H,5-8H2,1H3. The fourth-order valence-corrected chi connectivity index (χ4v) is 8.06. The van der Waals surface area contributed by atoms with Crippen molar-refractivity contribution < 1.29 is 68.5 Å². The molecule has 3 aromatic rings. The van der Waals surface area contributed by atoms with Crippen LogP contribution in [-0.4, -0.2) is 123 Å². The van der Waals surface area contributed by atoms with Gasteiger partial charge in [-0.25, -0.2) is 4.79 Å². The lowest BCUT2D eigenvalue weighted by Crippen LogP contribution is -2.58. The molecule has 2 heterocycles. The fourth-order valence-electron chi connectivity index (χ4n) is 8.06. The van der Waals surface area contributed by atoms with E-state index < -0.39 is 72.6 Å². The molecule has 6 unspecified atom stereocenters. The molecule has 2 fully saturated rings. The first-order valence-corrected chi connectivity index (χ1v) is 19.3. The summed E-state index contributed by atoms with van der Waals surface area (Å²) in [6, 6.07) is 12.4. The molecule has 2 aliphatic heterocycles. The number of likely N-dealkylation sites (tertiary alicyclic amines) is 1. The van der Waals surface area contributed by atoms with Crippen LogP contribution in [0.15, 0.2) is 48.5 Å². The van der Waals surface area contributed by atoms with Crippen LogP contribution in [0.25, 0.3) is 0 Å². The Hall–Kier alpha value is -5.88. The van der Waals surface area contributed by atoms with Crippen LogP contribution in [0.3, 0.4) is 0 Å². The Morgan fingerprint density at radius 2 is 1.63 bits per heavy atom. The number of amides is 3. The van der Waals surface area contributed by atoms with E-state index in [1.165, 1.54) is 18.1 Å². The number of Topliss-reactive ketones (excluding diaryl/α,β-unsaturated/α-hetero) is 1. The predicted octanol–water partition coefficient (Wildman–Crippen LogP) is 1.42. The predicted molar refractivity (Wildman–Crippen MR) is 206 cm³/mol. The van der Waals surface area contributed by atoms with Gasteiger partial charge in [0.2, 0.25) is 17.6 Å². The first-order valence-electron chi connectivity index (χ1n) is 19.3. The van der Waals surface area contributed by atoms with E-state index in [0.717, 1.165) is 5.56 Å². The maximum absolute atomic E-state index is 13.1. The van der Waals surface area contributed by atoms with Gasteiger partial charge in [-0.3, -0.25) is 24.0 Å². The van der Waals surface area contributed by atoms with Gasteiger partial charge in [-0.1, -0.05) is 42.5 Å². The van der Waals surface area contributed by atoms with Crippen molar-refractivity contribution in [3.05, 3.63) is 87.5 Å². The molecular weight excluding hydrogens is 770 g/mol. The van der Waals surface area contributed by atoms with Gasteiger partial charge in [-0.05, 0) is 50.7 Å². The number of rotatable bonds is 9. The molecule has 17 heteroatoms. The highest BCUT2D eigenvalue weighted by Crippen LogP contribution is 2.47. The van der Waals surface area contributed by atoms with E-state index >= 15 is 0 Å². The molecule has 0 radical (unpaired) electrons. The van der Waals surface area contributed by atoms with Crippen molar-refractivity contribution in [2.24, 2.45) is 5.92 Å². The van der Waals surface area contributed by atoms with E-state index in [1.807, 2.05) is 30.3 Å². The third-order valence-electron chi connectivity index (χ3n) is 11.2. The monoisotopic (exact) mass is 817 g/mol. The summed E-state index contributed by atoms with van der Waals surface area (Å²) in [7, 11) is 1.38. The number of carbonyl (C=O) groups is 6. The second-order valence-electron chi connectivity index (χ2n) is 14.8. The van der Waals surface area contributed by atoms with Crippen LogP contribution in [0.1, 0.15) is 81.1 Å². The van der Waals surface area contributed by atoms with E-state index in [2.05, 4.69) is 10.6 Å². The topological polar surface area (TPSA) is 259 Å². The number of hydrogen-bond acceptors (Lipinski definition) is 14. The van der Waals surface area contributed by atoms with E-state index in [4.69, 9.17) is 19.3 Å². The van der Waals surface area contributed by atoms with E-state index in [9.17, 15) is 49.2 Å². The van der Waals surface area contributed by atoms with E-state index in [-0.39, 0.29) is 83.3 Å². The highest BCUT2D eigenvalue weighted by atomic mass is 16.6. The van der Waals surface area contributed by atoms with Crippen molar-refractivity contribution in [3.8, 4) is 17.2 Å². The number of carbonyl (C=O) groups excluding carboxylic acids is 6. The Morgan fingerprint density at radius 1 is 0.915 bits per heavy atom. The lowest BCUT2D eigenvalue weighted by molar-refractivity contribution is -0.203. The smallest absolute Gasteiger partial charge is 0.407 e. The van der Waals surface area contributed by atoms with Crippen LogP contribution in [0.2, 0.25) is 0 Å². The van der Waals surface area contributed by atoms with Crippen molar-refractivity contribution >= 4 is 35.3 Å². The number of alkyl carbamates (subject to hydrolysis) is 1. The number of fused-ring (bicyclic) bond motifs is 3. The molecule has 6 atom stereocenters. The van der Waals surface area contributed by atoms with Crippen molar-refractivity contribution in [2.75, 3.05) is 26.8 Å². The molecule has 2 saturated heterocycles. The molecule has 3 aromatic carbocycles. The Labute approximate surface area is 338 Å². The van der Waals surface area contributed by atoms with Gasteiger partial charge in [0.05, 0.1) is 35.9 Å². The van der Waals surface area contributed by atoms with Gasteiger partial charge in [0.15, 0.2) is 17.9 Å². The summed E-state index contributed by atoms with van der Waals surface area (Å²) in [4.78, 5) is 76.6. The highest BCUT2D eigenvalue weighted by molar-refractivity contribution is 6.31. The number of hydrogen-bond donors (Lipinski definition) is 7. The average Bonchev–Trinajstić information content (AvgIpc) is 3.75. The molecule has 4 aliphatic rings. The second-order valence-corrected chi connectivity index (χ2v) is 14.8. The number of aromatic hydroxyl groups is 2. The molecule has 314 valence electrons. The zero-order chi connectivity index (χ0) is 42.5. The number of ketones is 3. The SMILES string of the molecule is CC1OC(O)CC(NC(=O)C2CCCN2C(=O)CNC(=O)OCc2ccccc2)C1O.COc1cccc2c1C(=O)c1c(O)c3c(c(O)c1C2=O)CC(C(=O)CO)CC3. The lowest BCUT2D eigenvalue weighted by Gasteiger charge is -2.37. The first-order chi connectivity index (χ1) is 28.2. The molecular formula is C42H47N3O14. The third-order valence-corrected chi connectivity index (χ3v) is 11.2. The molecule has 2 aliphatic carbocycles. The number of phenolic OH excluding ortho intramolecular Hbond substituents is 2. The highest BCUT2D eigenvalue weighted by Gasteiger charge is 2.42. The Kier molecular flexibility index (Phi) is 13.3. The molecule has 7 N–H and O–H groups in total. The minimum atomic E-state index is -1.07. The van der Waals surface area contributed by atoms with Crippen LogP contribution >= 0.6 is 0 Å². The summed E-state index contributed by atoms with van der Waals surface area (Å²) in [6.45, 7) is 1.20. The Bertz CT molecular complexity index is 2120. The van der Waals surface area contributed by atoms with Crippen molar-refractivity contribution in [2.45, 2.75) is 82.6 Å². The van der Waals surface area contributed by atoms with Crippen LogP contribution in [-0.2, 0) is 43.3 Å². The number of nitrogens with one attached hydrogen (secondary N) is 2. The Morgan fingerprint density at radius 3 is 2.34 bits per heavy atom. The van der Waals surface area contributed by atoms with Gasteiger partial charge >= 0.3 is 6.09 Å². The van der Waals surface area contributed by atoms with E-state index in [0.29, 0.717) is 31.4 Å². The number of benzene rings is 3. The maximum Gasteiger partial charge on any atom is 0.407 e. The van der Waals surface area contributed by atoms with Crippen molar-refractivity contribution in [3.63, 3.8) is 0 Å². The van der Waals surface area contributed by atoms with Crippen molar-refractivity contribution in [1.82, 2.24) is 15.5 Å². The molecule has 0 saturated carbocycles. The van der Waals surface area contributed by atoms with Gasteiger partial charge in [0, 0.05) is 35.6 Å². The molecule has 0 bridgehead atoms. The number of ether oxygens (including phenoxy) is 3. The number of aliphatic hydroxyl groups excluding tert-OH is 3. The maximum atomic E-state index is 13.1. The number of nitrogens with zero attached hydrogens (tertiary/aromatic N) is 1. The molecule has 3 amide bonds. The molecule has 7 rings (SSSR count). The molecule has 0 spiro atoms. The zero-order valence-electron chi connectivity index (χ0n) is 32.5. The van der Waals surface area contributed by atoms with Gasteiger partial charge < -0.3 is 55.3 Å². The van der Waals surface area contributed by atoms with Crippen LogP contribution < -0.4 is 15.4 Å². The molecule has 59 heavy (non-hydrogen) atoms. The third kappa shape index (κ3) is 8.92. The summed E-state index contributed by atoms with van der Waals surface area (Å²) in [5, 5.41) is 55.8. The van der Waals surface area contributed by atoms with Gasteiger partial charge in [-0.2, -0.15) is 0 Å². The number of aliphatic hydroxyl groups is 3. The Balaban J connectivity index is 0.000000199. The fraction of sp³-hybridized carbons (Fsp3) is 0.429. The number of methoxy groups -OCH3 is 1. The summed E-state index contributed by atoms with van der Waals surface area (Å²) in [6.07, 6.45) is -1.47. The first kappa shape index (κ1) is 42.7. The van der Waals surface area contributed by atoms with Crippen molar-refractivity contribution in [1.29, 1.82) is 0 Å². The minimum absolute atomic E-state index is 0.0568. The largest absolute Gasteiger partial charge is 0.507 e. The quantitative estimate of drug-likeness (QED) is 0.118. The molecule has 17 nitrogen and oxygen atoms in total. The van der Waals surface area contributed by atoms with Gasteiger partial charge in [0.1, 0.15) is 49.2 Å². The summed E-state index contributed by atoms with van der Waals surface area (Å²) in [5.41, 5.74) is 1.13. The normalized spacial score (nSPS) is 23.1.